The van der Waals surface area contributed by atoms with Gasteiger partial charge in [-0.05, 0) is 18.3 Å². The van der Waals surface area contributed by atoms with Gasteiger partial charge in [-0.3, -0.25) is 4.79 Å². The van der Waals surface area contributed by atoms with Crippen LogP contribution in [0.3, 0.4) is 0 Å². The van der Waals surface area contributed by atoms with E-state index < -0.39 is 24.2 Å². The highest BCUT2D eigenvalue weighted by atomic mass is 19.3. The second-order valence-corrected chi connectivity index (χ2v) is 5.96. The molecule has 2 saturated carbocycles. The molecule has 0 saturated heterocycles. The summed E-state index contributed by atoms with van der Waals surface area (Å²) in [4.78, 5) is 11.2. The van der Waals surface area contributed by atoms with Crippen LogP contribution in [0.15, 0.2) is 0 Å². The molecule has 4 heteroatoms. The Labute approximate surface area is 107 Å². The molecule has 2 nitrogen and oxygen atoms in total. The molecule has 0 heterocycles. The molecule has 2 atom stereocenters. The molecule has 2 aliphatic carbocycles. The van der Waals surface area contributed by atoms with Crippen LogP contribution in [-0.2, 0) is 4.79 Å². The quantitative estimate of drug-likeness (QED) is 0.759. The Kier molecular flexibility index (Phi) is 4.23. The maximum atomic E-state index is 13.4. The van der Waals surface area contributed by atoms with Crippen LogP contribution in [0.2, 0.25) is 0 Å². The van der Waals surface area contributed by atoms with Gasteiger partial charge in [-0.1, -0.05) is 38.5 Å². The summed E-state index contributed by atoms with van der Waals surface area (Å²) in [6.45, 7) is 0. The topological polar surface area (TPSA) is 37.3 Å². The Morgan fingerprint density at radius 3 is 2.22 bits per heavy atom. The lowest BCUT2D eigenvalue weighted by Gasteiger charge is -2.38. The Hall–Kier alpha value is -0.670. The molecule has 0 amide bonds. The van der Waals surface area contributed by atoms with Gasteiger partial charge in [-0.15, -0.1) is 0 Å². The second kappa shape index (κ2) is 5.54. The van der Waals surface area contributed by atoms with E-state index in [4.69, 9.17) is 0 Å². The molecule has 104 valence electrons. The SMILES string of the molecule is O=C(O)C1CC(F)(F)CCC1C1CCCCCC1. The minimum Gasteiger partial charge on any atom is -0.481 e. The van der Waals surface area contributed by atoms with Gasteiger partial charge in [0, 0.05) is 12.8 Å². The van der Waals surface area contributed by atoms with Gasteiger partial charge in [0.1, 0.15) is 0 Å². The van der Waals surface area contributed by atoms with Crippen molar-refractivity contribution in [2.45, 2.75) is 63.7 Å². The number of aliphatic carboxylic acids is 1. The summed E-state index contributed by atoms with van der Waals surface area (Å²) < 4.78 is 26.7. The average Bonchev–Trinajstić information content (AvgIpc) is 2.56. The van der Waals surface area contributed by atoms with Crippen molar-refractivity contribution in [1.29, 1.82) is 0 Å². The van der Waals surface area contributed by atoms with Crippen molar-refractivity contribution < 1.29 is 18.7 Å². The van der Waals surface area contributed by atoms with E-state index in [0.717, 1.165) is 25.7 Å². The largest absolute Gasteiger partial charge is 0.481 e. The van der Waals surface area contributed by atoms with Gasteiger partial charge < -0.3 is 5.11 Å². The predicted molar refractivity (Wildman–Crippen MR) is 64.6 cm³/mol. The zero-order valence-corrected chi connectivity index (χ0v) is 10.7. The lowest BCUT2D eigenvalue weighted by Crippen LogP contribution is -2.40. The van der Waals surface area contributed by atoms with E-state index in [1.807, 2.05) is 0 Å². The summed E-state index contributed by atoms with van der Waals surface area (Å²) in [5.41, 5.74) is 0. The molecule has 0 aromatic heterocycles. The normalized spacial score (nSPS) is 33.9. The molecule has 0 aromatic carbocycles. The van der Waals surface area contributed by atoms with Crippen molar-refractivity contribution in [3.05, 3.63) is 0 Å². The number of halogens is 2. The summed E-state index contributed by atoms with van der Waals surface area (Å²) in [6.07, 6.45) is 6.53. The fraction of sp³-hybridized carbons (Fsp3) is 0.929. The summed E-state index contributed by atoms with van der Waals surface area (Å²) in [5.74, 6) is -4.31. The number of carboxylic acids is 1. The lowest BCUT2D eigenvalue weighted by molar-refractivity contribution is -0.155. The van der Waals surface area contributed by atoms with E-state index in [0.29, 0.717) is 12.3 Å². The minimum absolute atomic E-state index is 0.0276. The zero-order valence-electron chi connectivity index (χ0n) is 10.7. The predicted octanol–water partition coefficient (Wildman–Crippen LogP) is 4.09. The molecule has 1 N–H and O–H groups in total. The molecule has 0 aromatic rings. The third-order valence-corrected chi connectivity index (χ3v) is 4.70. The first-order valence-corrected chi connectivity index (χ1v) is 7.10. The third-order valence-electron chi connectivity index (χ3n) is 4.70. The smallest absolute Gasteiger partial charge is 0.307 e. The number of rotatable bonds is 2. The van der Waals surface area contributed by atoms with Gasteiger partial charge in [0.15, 0.2) is 0 Å². The monoisotopic (exact) mass is 260 g/mol. The minimum atomic E-state index is -2.77. The number of hydrogen-bond acceptors (Lipinski definition) is 1. The average molecular weight is 260 g/mol. The number of alkyl halides is 2. The highest BCUT2D eigenvalue weighted by Crippen LogP contribution is 2.46. The molecule has 0 bridgehead atoms. The van der Waals surface area contributed by atoms with Crippen molar-refractivity contribution in [3.63, 3.8) is 0 Å². The van der Waals surface area contributed by atoms with E-state index in [2.05, 4.69) is 0 Å². The maximum Gasteiger partial charge on any atom is 0.307 e. The fourth-order valence-electron chi connectivity index (χ4n) is 3.73. The summed E-state index contributed by atoms with van der Waals surface area (Å²) >= 11 is 0. The molecule has 0 radical (unpaired) electrons. The number of hydrogen-bond donors (Lipinski definition) is 1. The molecule has 2 aliphatic rings. The van der Waals surface area contributed by atoms with Gasteiger partial charge in [0.2, 0.25) is 5.92 Å². The second-order valence-electron chi connectivity index (χ2n) is 5.96. The van der Waals surface area contributed by atoms with E-state index >= 15 is 0 Å². The van der Waals surface area contributed by atoms with Crippen LogP contribution >= 0.6 is 0 Å². The van der Waals surface area contributed by atoms with Crippen LogP contribution in [0, 0.1) is 17.8 Å². The first kappa shape index (κ1) is 13.8. The van der Waals surface area contributed by atoms with Crippen LogP contribution in [0.4, 0.5) is 8.78 Å². The molecular formula is C14H22F2O2. The highest BCUT2D eigenvalue weighted by molar-refractivity contribution is 5.70. The lowest BCUT2D eigenvalue weighted by atomic mass is 9.69. The van der Waals surface area contributed by atoms with Gasteiger partial charge >= 0.3 is 5.97 Å². The highest BCUT2D eigenvalue weighted by Gasteiger charge is 2.46. The van der Waals surface area contributed by atoms with E-state index in [9.17, 15) is 18.7 Å². The fourth-order valence-corrected chi connectivity index (χ4v) is 3.73. The van der Waals surface area contributed by atoms with Crippen LogP contribution in [0.5, 0.6) is 0 Å². The Bertz CT molecular complexity index is 296. The Balaban J connectivity index is 2.07. The van der Waals surface area contributed by atoms with Crippen molar-refractivity contribution in [1.82, 2.24) is 0 Å². The van der Waals surface area contributed by atoms with Crippen molar-refractivity contribution in [2.24, 2.45) is 17.8 Å². The first-order valence-electron chi connectivity index (χ1n) is 7.10. The maximum absolute atomic E-state index is 13.4. The van der Waals surface area contributed by atoms with Crippen molar-refractivity contribution >= 4 is 5.97 Å². The Morgan fingerprint density at radius 1 is 1.06 bits per heavy atom. The van der Waals surface area contributed by atoms with Crippen molar-refractivity contribution in [3.8, 4) is 0 Å². The molecule has 2 fully saturated rings. The third kappa shape index (κ3) is 3.21. The van der Waals surface area contributed by atoms with Gasteiger partial charge in [-0.2, -0.15) is 0 Å². The van der Waals surface area contributed by atoms with Gasteiger partial charge in [0.25, 0.3) is 0 Å². The van der Waals surface area contributed by atoms with Crippen LogP contribution in [0.25, 0.3) is 0 Å². The van der Waals surface area contributed by atoms with E-state index in [-0.39, 0.29) is 12.3 Å². The molecule has 0 aliphatic heterocycles. The molecular weight excluding hydrogens is 238 g/mol. The molecule has 18 heavy (non-hydrogen) atoms. The van der Waals surface area contributed by atoms with E-state index in [1.54, 1.807) is 0 Å². The van der Waals surface area contributed by atoms with Crippen LogP contribution < -0.4 is 0 Å². The number of carbonyl (C=O) groups is 1. The zero-order chi connectivity index (χ0) is 13.2. The number of carboxylic acid groups (broad SMARTS) is 1. The molecule has 2 unspecified atom stereocenters. The van der Waals surface area contributed by atoms with Crippen LogP contribution in [-0.4, -0.2) is 17.0 Å². The van der Waals surface area contributed by atoms with Gasteiger partial charge in [-0.25, -0.2) is 8.78 Å². The van der Waals surface area contributed by atoms with Crippen LogP contribution in [0.1, 0.15) is 57.8 Å². The summed E-state index contributed by atoms with van der Waals surface area (Å²) in [6, 6.07) is 0. The molecule has 0 spiro atoms. The van der Waals surface area contributed by atoms with Gasteiger partial charge in [0.05, 0.1) is 5.92 Å². The van der Waals surface area contributed by atoms with E-state index in [1.165, 1.54) is 12.8 Å². The van der Waals surface area contributed by atoms with Crippen molar-refractivity contribution in [2.75, 3.05) is 0 Å². The summed E-state index contributed by atoms with van der Waals surface area (Å²) in [7, 11) is 0. The standard InChI is InChI=1S/C14H22F2O2/c15-14(16)8-7-11(12(9-14)13(17)18)10-5-3-1-2-4-6-10/h10-12H,1-9H2,(H,17,18). The molecule has 2 rings (SSSR count). The Morgan fingerprint density at radius 2 is 1.67 bits per heavy atom. The first-order chi connectivity index (χ1) is 8.49. The summed E-state index contributed by atoms with van der Waals surface area (Å²) in [5, 5.41) is 9.21.